The standard InChI is InChI=1S/C19H20N2O4S2/c20-17(9-18(22)23)19(24)21-12-1-3-13(4-2-12)25-14-5-7-15(8-6-14)26-10-16-11-27-16/h1-8,16-17H,9-11,20H2,(H,21,24)(H,22,23). The minimum atomic E-state index is -1.11. The Morgan fingerprint density at radius 3 is 2.33 bits per heavy atom. The lowest BCUT2D eigenvalue weighted by atomic mass is 10.2. The Hall–Kier alpha value is -2.16. The van der Waals surface area contributed by atoms with Crippen LogP contribution in [0.4, 0.5) is 5.69 Å². The predicted molar refractivity (Wildman–Crippen MR) is 109 cm³/mol. The average Bonchev–Trinajstić information content (AvgIpc) is 3.46. The van der Waals surface area contributed by atoms with Crippen molar-refractivity contribution in [3.8, 4) is 11.5 Å². The molecule has 1 fully saturated rings. The van der Waals surface area contributed by atoms with E-state index in [1.807, 2.05) is 47.8 Å². The van der Waals surface area contributed by atoms with Crippen molar-refractivity contribution in [1.82, 2.24) is 0 Å². The number of nitrogens with two attached hydrogens (primary N) is 1. The number of rotatable bonds is 9. The van der Waals surface area contributed by atoms with Crippen LogP contribution in [0.1, 0.15) is 6.42 Å². The van der Waals surface area contributed by atoms with E-state index in [0.29, 0.717) is 11.4 Å². The summed E-state index contributed by atoms with van der Waals surface area (Å²) < 4.78 is 5.80. The Labute approximate surface area is 165 Å². The van der Waals surface area contributed by atoms with Crippen LogP contribution >= 0.6 is 23.5 Å². The number of aliphatic carboxylic acids is 1. The van der Waals surface area contributed by atoms with E-state index in [4.69, 9.17) is 15.6 Å². The quantitative estimate of drug-likeness (QED) is 0.435. The van der Waals surface area contributed by atoms with Crippen molar-refractivity contribution in [2.45, 2.75) is 22.6 Å². The number of ether oxygens (including phenoxy) is 1. The van der Waals surface area contributed by atoms with Gasteiger partial charge in [-0.1, -0.05) is 0 Å². The van der Waals surface area contributed by atoms with Crippen molar-refractivity contribution in [1.29, 1.82) is 0 Å². The number of carbonyl (C=O) groups excluding carboxylic acids is 1. The van der Waals surface area contributed by atoms with Gasteiger partial charge in [-0.25, -0.2) is 0 Å². The van der Waals surface area contributed by atoms with Crippen molar-refractivity contribution in [3.63, 3.8) is 0 Å². The molecule has 4 N–H and O–H groups in total. The van der Waals surface area contributed by atoms with Gasteiger partial charge in [-0.2, -0.15) is 11.8 Å². The highest BCUT2D eigenvalue weighted by Crippen LogP contribution is 2.35. The van der Waals surface area contributed by atoms with Crippen molar-refractivity contribution < 1.29 is 19.4 Å². The molecule has 0 radical (unpaired) electrons. The summed E-state index contributed by atoms with van der Waals surface area (Å²) >= 11 is 3.85. The molecule has 27 heavy (non-hydrogen) atoms. The molecule has 2 atom stereocenters. The third-order valence-electron chi connectivity index (χ3n) is 3.75. The molecule has 0 saturated carbocycles. The Bertz CT molecular complexity index is 792. The molecule has 1 aliphatic heterocycles. The van der Waals surface area contributed by atoms with Gasteiger partial charge >= 0.3 is 5.97 Å². The van der Waals surface area contributed by atoms with Crippen molar-refractivity contribution in [2.75, 3.05) is 16.8 Å². The van der Waals surface area contributed by atoms with Gasteiger partial charge in [0.05, 0.1) is 12.5 Å². The summed E-state index contributed by atoms with van der Waals surface area (Å²) in [6.45, 7) is 0. The molecule has 142 valence electrons. The number of hydrogen-bond donors (Lipinski definition) is 3. The number of nitrogens with one attached hydrogen (secondary N) is 1. The molecule has 1 aliphatic rings. The highest BCUT2D eigenvalue weighted by molar-refractivity contribution is 8.08. The number of benzene rings is 2. The first-order chi connectivity index (χ1) is 13.0. The van der Waals surface area contributed by atoms with Gasteiger partial charge in [0.1, 0.15) is 11.5 Å². The molecule has 3 rings (SSSR count). The van der Waals surface area contributed by atoms with E-state index in [1.54, 1.807) is 24.3 Å². The maximum atomic E-state index is 11.8. The summed E-state index contributed by atoms with van der Waals surface area (Å²) in [5.41, 5.74) is 6.06. The molecule has 2 unspecified atom stereocenters. The Morgan fingerprint density at radius 2 is 1.78 bits per heavy atom. The number of hydrogen-bond acceptors (Lipinski definition) is 6. The molecule has 0 aromatic heterocycles. The van der Waals surface area contributed by atoms with Gasteiger partial charge in [0, 0.05) is 27.3 Å². The summed E-state index contributed by atoms with van der Waals surface area (Å²) in [4.78, 5) is 23.6. The molecule has 0 aliphatic carbocycles. The van der Waals surface area contributed by atoms with Crippen LogP contribution in [0.3, 0.4) is 0 Å². The van der Waals surface area contributed by atoms with Crippen LogP contribution in [-0.2, 0) is 9.59 Å². The lowest BCUT2D eigenvalue weighted by Crippen LogP contribution is -2.37. The van der Waals surface area contributed by atoms with E-state index in [-0.39, 0.29) is 0 Å². The van der Waals surface area contributed by atoms with Crippen LogP contribution < -0.4 is 15.8 Å². The van der Waals surface area contributed by atoms with Crippen LogP contribution in [0.15, 0.2) is 53.4 Å². The van der Waals surface area contributed by atoms with Gasteiger partial charge in [-0.05, 0) is 48.5 Å². The largest absolute Gasteiger partial charge is 0.481 e. The van der Waals surface area contributed by atoms with E-state index < -0.39 is 24.3 Å². The van der Waals surface area contributed by atoms with Crippen LogP contribution in [0, 0.1) is 0 Å². The number of carbonyl (C=O) groups is 2. The van der Waals surface area contributed by atoms with Crippen LogP contribution in [-0.4, -0.2) is 39.8 Å². The van der Waals surface area contributed by atoms with Crippen LogP contribution in [0.5, 0.6) is 11.5 Å². The zero-order valence-corrected chi connectivity index (χ0v) is 16.1. The number of thioether (sulfide) groups is 2. The first-order valence-electron chi connectivity index (χ1n) is 8.40. The van der Waals surface area contributed by atoms with Gasteiger partial charge in [-0.3, -0.25) is 9.59 Å². The average molecular weight is 405 g/mol. The first-order valence-corrected chi connectivity index (χ1v) is 10.4. The Kier molecular flexibility index (Phi) is 6.65. The molecule has 2 aromatic carbocycles. The molecule has 1 saturated heterocycles. The fourth-order valence-corrected chi connectivity index (χ4v) is 4.03. The molecule has 8 heteroatoms. The van der Waals surface area contributed by atoms with E-state index in [0.717, 1.165) is 16.8 Å². The number of carboxylic acids is 1. The monoisotopic (exact) mass is 404 g/mol. The second-order valence-corrected chi connectivity index (χ2v) is 8.48. The van der Waals surface area contributed by atoms with E-state index >= 15 is 0 Å². The number of amides is 1. The summed E-state index contributed by atoms with van der Waals surface area (Å²) in [5.74, 6) is 2.14. The highest BCUT2D eigenvalue weighted by Gasteiger charge is 2.22. The molecule has 2 aromatic rings. The Balaban J connectivity index is 1.50. The van der Waals surface area contributed by atoms with Gasteiger partial charge in [0.2, 0.25) is 5.91 Å². The number of anilines is 1. The fraction of sp³-hybridized carbons (Fsp3) is 0.263. The third kappa shape index (κ3) is 6.50. The van der Waals surface area contributed by atoms with Gasteiger partial charge in [0.15, 0.2) is 0 Å². The fourth-order valence-electron chi connectivity index (χ4n) is 2.22. The van der Waals surface area contributed by atoms with Gasteiger partial charge in [-0.15, -0.1) is 11.8 Å². The zero-order chi connectivity index (χ0) is 19.2. The Morgan fingerprint density at radius 1 is 1.19 bits per heavy atom. The molecule has 6 nitrogen and oxygen atoms in total. The lowest BCUT2D eigenvalue weighted by molar-refractivity contribution is -0.138. The maximum Gasteiger partial charge on any atom is 0.305 e. The van der Waals surface area contributed by atoms with Crippen molar-refractivity contribution in [2.24, 2.45) is 5.73 Å². The predicted octanol–water partition coefficient (Wildman–Crippen LogP) is 3.43. The van der Waals surface area contributed by atoms with E-state index in [1.165, 1.54) is 10.6 Å². The zero-order valence-electron chi connectivity index (χ0n) is 14.5. The molecule has 0 spiro atoms. The molecular weight excluding hydrogens is 384 g/mol. The van der Waals surface area contributed by atoms with Crippen molar-refractivity contribution in [3.05, 3.63) is 48.5 Å². The van der Waals surface area contributed by atoms with E-state index in [9.17, 15) is 9.59 Å². The van der Waals surface area contributed by atoms with Crippen LogP contribution in [0.25, 0.3) is 0 Å². The van der Waals surface area contributed by atoms with E-state index in [2.05, 4.69) is 5.32 Å². The van der Waals surface area contributed by atoms with Gasteiger partial charge < -0.3 is 20.9 Å². The minimum absolute atomic E-state index is 0.416. The van der Waals surface area contributed by atoms with Crippen molar-refractivity contribution >= 4 is 41.1 Å². The second-order valence-electron chi connectivity index (χ2n) is 6.06. The minimum Gasteiger partial charge on any atom is -0.481 e. The smallest absolute Gasteiger partial charge is 0.305 e. The molecular formula is C19H20N2O4S2. The lowest BCUT2D eigenvalue weighted by Gasteiger charge is -2.11. The summed E-state index contributed by atoms with van der Waals surface area (Å²) in [5, 5.41) is 12.1. The summed E-state index contributed by atoms with van der Waals surface area (Å²) in [6, 6.07) is 13.7. The highest BCUT2D eigenvalue weighted by atomic mass is 32.2. The molecule has 1 heterocycles. The maximum absolute atomic E-state index is 11.8. The first kappa shape index (κ1) is 19.6. The van der Waals surface area contributed by atoms with Crippen LogP contribution in [0.2, 0.25) is 0 Å². The summed E-state index contributed by atoms with van der Waals surface area (Å²) in [7, 11) is 0. The van der Waals surface area contributed by atoms with Gasteiger partial charge in [0.25, 0.3) is 0 Å². The second kappa shape index (κ2) is 9.16. The normalized spacial score (nSPS) is 16.4. The number of carboxylic acid groups (broad SMARTS) is 1. The SMILES string of the molecule is NC(CC(=O)O)C(=O)Nc1ccc(Oc2ccc(SCC3CS3)cc2)cc1. The molecule has 0 bridgehead atoms. The summed E-state index contributed by atoms with van der Waals surface area (Å²) in [6.07, 6.45) is -0.416. The molecule has 1 amide bonds. The third-order valence-corrected chi connectivity index (χ3v) is 6.11. The topological polar surface area (TPSA) is 102 Å².